The summed E-state index contributed by atoms with van der Waals surface area (Å²) in [6, 6.07) is 10.9. The first-order valence-corrected chi connectivity index (χ1v) is 7.12. The smallest absolute Gasteiger partial charge is 0.123 e. The minimum absolute atomic E-state index is 0.302. The van der Waals surface area contributed by atoms with Gasteiger partial charge in [-0.15, -0.1) is 0 Å². The second kappa shape index (κ2) is 6.19. The third kappa shape index (κ3) is 3.07. The van der Waals surface area contributed by atoms with Gasteiger partial charge in [-0.3, -0.25) is 0 Å². The molecule has 0 bridgehead atoms. The van der Waals surface area contributed by atoms with E-state index in [2.05, 4.69) is 26.0 Å². The highest BCUT2D eigenvalue weighted by Gasteiger charge is 2.15. The third-order valence-electron chi connectivity index (χ3n) is 3.67. The van der Waals surface area contributed by atoms with E-state index in [9.17, 15) is 9.50 Å². The molecule has 1 unspecified atom stereocenters. The minimum Gasteiger partial charge on any atom is -0.384 e. The molecule has 0 saturated carbocycles. The Morgan fingerprint density at radius 3 is 2.40 bits per heavy atom. The van der Waals surface area contributed by atoms with Gasteiger partial charge in [0.2, 0.25) is 0 Å². The topological polar surface area (TPSA) is 20.2 Å². The fourth-order valence-electron chi connectivity index (χ4n) is 2.54. The maximum absolute atomic E-state index is 13.5. The predicted octanol–water partition coefficient (Wildman–Crippen LogP) is 4.34. The SMILES string of the molecule is CCc1ccc(CC)c(C(O)c2cc(C)cc(F)c2)c1. The number of halogens is 1. The number of aliphatic hydroxyl groups is 1. The molecule has 1 nitrogen and oxygen atoms in total. The molecule has 1 N–H and O–H groups in total. The molecule has 0 aliphatic rings. The maximum Gasteiger partial charge on any atom is 0.123 e. The molecule has 1 atom stereocenters. The van der Waals surface area contributed by atoms with Gasteiger partial charge in [-0.05, 0) is 59.7 Å². The van der Waals surface area contributed by atoms with E-state index in [4.69, 9.17) is 0 Å². The van der Waals surface area contributed by atoms with Crippen LogP contribution in [0.2, 0.25) is 0 Å². The van der Waals surface area contributed by atoms with Crippen molar-refractivity contribution in [1.29, 1.82) is 0 Å². The fraction of sp³-hybridized carbons (Fsp3) is 0.333. The number of hydrogen-bond acceptors (Lipinski definition) is 1. The van der Waals surface area contributed by atoms with Gasteiger partial charge < -0.3 is 5.11 Å². The van der Waals surface area contributed by atoms with Crippen LogP contribution in [0.15, 0.2) is 36.4 Å². The summed E-state index contributed by atoms with van der Waals surface area (Å²) in [5.74, 6) is -0.302. The Labute approximate surface area is 120 Å². The van der Waals surface area contributed by atoms with Crippen LogP contribution in [0.5, 0.6) is 0 Å². The van der Waals surface area contributed by atoms with E-state index in [0.717, 1.165) is 29.5 Å². The van der Waals surface area contributed by atoms with E-state index < -0.39 is 6.10 Å². The molecule has 2 rings (SSSR count). The molecule has 0 heterocycles. The molecule has 0 radical (unpaired) electrons. The largest absolute Gasteiger partial charge is 0.384 e. The first-order chi connectivity index (χ1) is 9.55. The molecule has 0 aromatic heterocycles. The molecular weight excluding hydrogens is 251 g/mol. The van der Waals surface area contributed by atoms with Gasteiger partial charge in [0.1, 0.15) is 11.9 Å². The predicted molar refractivity (Wildman–Crippen MR) is 80.4 cm³/mol. The summed E-state index contributed by atoms with van der Waals surface area (Å²) < 4.78 is 13.5. The van der Waals surface area contributed by atoms with Gasteiger partial charge in [0, 0.05) is 0 Å². The van der Waals surface area contributed by atoms with E-state index >= 15 is 0 Å². The third-order valence-corrected chi connectivity index (χ3v) is 3.67. The number of benzene rings is 2. The van der Waals surface area contributed by atoms with Crippen LogP contribution in [0.4, 0.5) is 4.39 Å². The average Bonchev–Trinajstić information content (AvgIpc) is 2.44. The summed E-state index contributed by atoms with van der Waals surface area (Å²) in [6.07, 6.45) is 1.00. The highest BCUT2D eigenvalue weighted by atomic mass is 19.1. The summed E-state index contributed by atoms with van der Waals surface area (Å²) in [4.78, 5) is 0. The van der Waals surface area contributed by atoms with Gasteiger partial charge in [-0.25, -0.2) is 4.39 Å². The maximum atomic E-state index is 13.5. The number of rotatable bonds is 4. The molecule has 0 aliphatic carbocycles. The van der Waals surface area contributed by atoms with Gasteiger partial charge in [0.25, 0.3) is 0 Å². The van der Waals surface area contributed by atoms with Crippen molar-refractivity contribution < 1.29 is 9.50 Å². The van der Waals surface area contributed by atoms with E-state index in [0.29, 0.717) is 5.56 Å². The molecule has 2 aromatic carbocycles. The molecule has 20 heavy (non-hydrogen) atoms. The van der Waals surface area contributed by atoms with Crippen LogP contribution in [0, 0.1) is 12.7 Å². The Hall–Kier alpha value is -1.67. The number of aliphatic hydroxyl groups excluding tert-OH is 1. The van der Waals surface area contributed by atoms with Crippen LogP contribution in [0.25, 0.3) is 0 Å². The standard InChI is InChI=1S/C18H21FO/c1-4-13-6-7-14(5-2)17(10-13)18(20)15-8-12(3)9-16(19)11-15/h6-11,18,20H,4-5H2,1-3H3. The van der Waals surface area contributed by atoms with E-state index in [1.54, 1.807) is 0 Å². The molecule has 0 saturated heterocycles. The lowest BCUT2D eigenvalue weighted by molar-refractivity contribution is 0.218. The Morgan fingerprint density at radius 2 is 1.80 bits per heavy atom. The summed E-state index contributed by atoms with van der Waals surface area (Å²) in [6.45, 7) is 5.99. The van der Waals surface area contributed by atoms with Crippen molar-refractivity contribution >= 4 is 0 Å². The Bertz CT molecular complexity index is 584. The first-order valence-electron chi connectivity index (χ1n) is 7.12. The second-order valence-corrected chi connectivity index (χ2v) is 5.20. The van der Waals surface area contributed by atoms with Gasteiger partial charge in [0.05, 0.1) is 0 Å². The van der Waals surface area contributed by atoms with E-state index in [-0.39, 0.29) is 5.82 Å². The molecule has 0 amide bonds. The van der Waals surface area contributed by atoms with Crippen LogP contribution >= 0.6 is 0 Å². The zero-order chi connectivity index (χ0) is 14.7. The molecule has 106 valence electrons. The van der Waals surface area contributed by atoms with Crippen LogP contribution in [-0.2, 0) is 12.8 Å². The summed E-state index contributed by atoms with van der Waals surface area (Å²) in [5, 5.41) is 10.6. The molecule has 0 spiro atoms. The Kier molecular flexibility index (Phi) is 4.56. The van der Waals surface area contributed by atoms with Gasteiger partial charge in [-0.2, -0.15) is 0 Å². The Morgan fingerprint density at radius 1 is 1.05 bits per heavy atom. The lowest BCUT2D eigenvalue weighted by Gasteiger charge is -2.17. The number of aryl methyl sites for hydroxylation is 3. The van der Waals surface area contributed by atoms with E-state index in [1.165, 1.54) is 17.7 Å². The van der Waals surface area contributed by atoms with Crippen molar-refractivity contribution in [2.24, 2.45) is 0 Å². The normalized spacial score (nSPS) is 12.4. The fourth-order valence-corrected chi connectivity index (χ4v) is 2.54. The van der Waals surface area contributed by atoms with Crippen molar-refractivity contribution in [3.63, 3.8) is 0 Å². The van der Waals surface area contributed by atoms with Crippen molar-refractivity contribution in [2.45, 2.75) is 39.7 Å². The van der Waals surface area contributed by atoms with Crippen molar-refractivity contribution in [2.75, 3.05) is 0 Å². The number of hydrogen-bond donors (Lipinski definition) is 1. The molecule has 0 aliphatic heterocycles. The van der Waals surface area contributed by atoms with Crippen LogP contribution in [-0.4, -0.2) is 5.11 Å². The highest BCUT2D eigenvalue weighted by molar-refractivity contribution is 5.40. The monoisotopic (exact) mass is 272 g/mol. The van der Waals surface area contributed by atoms with Crippen molar-refractivity contribution in [1.82, 2.24) is 0 Å². The quantitative estimate of drug-likeness (QED) is 0.877. The average molecular weight is 272 g/mol. The van der Waals surface area contributed by atoms with Gasteiger partial charge in [0.15, 0.2) is 0 Å². The minimum atomic E-state index is -0.772. The second-order valence-electron chi connectivity index (χ2n) is 5.20. The van der Waals surface area contributed by atoms with Crippen molar-refractivity contribution in [3.05, 3.63) is 70.0 Å². The van der Waals surface area contributed by atoms with Gasteiger partial charge in [-0.1, -0.05) is 38.1 Å². The summed E-state index contributed by atoms with van der Waals surface area (Å²) in [5.41, 5.74) is 4.62. The Balaban J connectivity index is 2.48. The zero-order valence-electron chi connectivity index (χ0n) is 12.3. The highest BCUT2D eigenvalue weighted by Crippen LogP contribution is 2.28. The van der Waals surface area contributed by atoms with E-state index in [1.807, 2.05) is 19.1 Å². The summed E-state index contributed by atoms with van der Waals surface area (Å²) >= 11 is 0. The van der Waals surface area contributed by atoms with Crippen molar-refractivity contribution in [3.8, 4) is 0 Å². The lowest BCUT2D eigenvalue weighted by atomic mass is 9.92. The molecule has 2 aromatic rings. The zero-order valence-corrected chi connectivity index (χ0v) is 12.3. The van der Waals surface area contributed by atoms with Crippen LogP contribution in [0.3, 0.4) is 0 Å². The first kappa shape index (κ1) is 14.7. The van der Waals surface area contributed by atoms with Crippen LogP contribution < -0.4 is 0 Å². The van der Waals surface area contributed by atoms with Gasteiger partial charge >= 0.3 is 0 Å². The molecule has 0 fully saturated rings. The summed E-state index contributed by atoms with van der Waals surface area (Å²) in [7, 11) is 0. The molecule has 2 heteroatoms. The lowest BCUT2D eigenvalue weighted by Crippen LogP contribution is -2.05. The molecular formula is C18H21FO. The van der Waals surface area contributed by atoms with Crippen LogP contribution in [0.1, 0.15) is 47.8 Å².